The third-order valence-electron chi connectivity index (χ3n) is 2.02. The van der Waals surface area contributed by atoms with Crippen LogP contribution in [0.2, 0.25) is 0 Å². The number of rotatable bonds is 3. The normalized spacial score (nSPS) is 10.2. The molecule has 0 atom stereocenters. The zero-order valence-electron chi connectivity index (χ0n) is 9.21. The van der Waals surface area contributed by atoms with Gasteiger partial charge in [0.25, 0.3) is 0 Å². The molecule has 0 aromatic carbocycles. The summed E-state index contributed by atoms with van der Waals surface area (Å²) < 4.78 is 4.89. The first kappa shape index (κ1) is 11.5. The molecule has 5 nitrogen and oxygen atoms in total. The summed E-state index contributed by atoms with van der Waals surface area (Å²) >= 11 is 1.21. The van der Waals surface area contributed by atoms with E-state index in [0.717, 1.165) is 5.56 Å². The van der Waals surface area contributed by atoms with Crippen molar-refractivity contribution in [1.29, 1.82) is 0 Å². The second-order valence-electron chi connectivity index (χ2n) is 3.20. The molecule has 0 radical (unpaired) electrons. The van der Waals surface area contributed by atoms with Crippen LogP contribution in [0.25, 0.3) is 10.6 Å². The van der Waals surface area contributed by atoms with E-state index in [1.807, 2.05) is 6.07 Å². The Balaban J connectivity index is 2.34. The van der Waals surface area contributed by atoms with Crippen LogP contribution in [0.1, 0.15) is 16.6 Å². The molecule has 0 unspecified atom stereocenters. The zero-order valence-corrected chi connectivity index (χ0v) is 10.0. The van der Waals surface area contributed by atoms with Crippen LogP contribution in [0, 0.1) is 0 Å². The van der Waals surface area contributed by atoms with Crippen molar-refractivity contribution in [2.24, 2.45) is 0 Å². The third kappa shape index (κ3) is 2.42. The number of pyridine rings is 1. The molecule has 2 rings (SSSR count). The van der Waals surface area contributed by atoms with Gasteiger partial charge in [-0.25, -0.2) is 9.78 Å². The SMILES string of the molecule is CCOC(=O)c1sc(-c2cccnc2)nc1N. The number of carbonyl (C=O) groups is 1. The average Bonchev–Trinajstić information content (AvgIpc) is 2.73. The number of aromatic nitrogens is 2. The Kier molecular flexibility index (Phi) is 3.34. The van der Waals surface area contributed by atoms with Crippen LogP contribution in [0.3, 0.4) is 0 Å². The van der Waals surface area contributed by atoms with Crippen LogP contribution in [0.4, 0.5) is 5.82 Å². The van der Waals surface area contributed by atoms with E-state index in [1.54, 1.807) is 25.4 Å². The number of ether oxygens (including phenoxy) is 1. The summed E-state index contributed by atoms with van der Waals surface area (Å²) in [6, 6.07) is 3.66. The van der Waals surface area contributed by atoms with E-state index in [2.05, 4.69) is 9.97 Å². The van der Waals surface area contributed by atoms with E-state index >= 15 is 0 Å². The van der Waals surface area contributed by atoms with Gasteiger partial charge in [-0.05, 0) is 19.1 Å². The average molecular weight is 249 g/mol. The Morgan fingerprint density at radius 3 is 3.06 bits per heavy atom. The van der Waals surface area contributed by atoms with E-state index < -0.39 is 5.97 Å². The second kappa shape index (κ2) is 4.92. The number of esters is 1. The molecular weight excluding hydrogens is 238 g/mol. The summed E-state index contributed by atoms with van der Waals surface area (Å²) in [5, 5.41) is 0.665. The second-order valence-corrected chi connectivity index (χ2v) is 4.19. The maximum absolute atomic E-state index is 11.6. The highest BCUT2D eigenvalue weighted by molar-refractivity contribution is 7.17. The molecule has 0 saturated heterocycles. The maximum atomic E-state index is 11.6. The molecule has 2 heterocycles. The van der Waals surface area contributed by atoms with Crippen molar-refractivity contribution in [3.05, 3.63) is 29.4 Å². The van der Waals surface area contributed by atoms with E-state index in [9.17, 15) is 4.79 Å². The van der Waals surface area contributed by atoms with Crippen LogP contribution >= 0.6 is 11.3 Å². The lowest BCUT2D eigenvalue weighted by Gasteiger charge is -1.97. The molecule has 17 heavy (non-hydrogen) atoms. The fourth-order valence-corrected chi connectivity index (χ4v) is 2.16. The van der Waals surface area contributed by atoms with Gasteiger partial charge in [-0.2, -0.15) is 0 Å². The Hall–Kier alpha value is -1.95. The molecule has 2 aromatic heterocycles. The number of carbonyl (C=O) groups excluding carboxylic acids is 1. The largest absolute Gasteiger partial charge is 0.462 e. The summed E-state index contributed by atoms with van der Waals surface area (Å²) in [6.07, 6.45) is 3.35. The van der Waals surface area contributed by atoms with Crippen molar-refractivity contribution in [3.63, 3.8) is 0 Å². The summed E-state index contributed by atoms with van der Waals surface area (Å²) in [5.74, 6) is -0.232. The summed E-state index contributed by atoms with van der Waals surface area (Å²) in [7, 11) is 0. The molecule has 0 fully saturated rings. The van der Waals surface area contributed by atoms with Crippen molar-refractivity contribution in [3.8, 4) is 10.6 Å². The molecule has 0 aliphatic carbocycles. The van der Waals surface area contributed by atoms with Crippen molar-refractivity contribution < 1.29 is 9.53 Å². The first-order valence-electron chi connectivity index (χ1n) is 5.06. The smallest absolute Gasteiger partial charge is 0.352 e. The zero-order chi connectivity index (χ0) is 12.3. The predicted molar refractivity (Wildman–Crippen MR) is 65.7 cm³/mol. The lowest BCUT2D eigenvalue weighted by Crippen LogP contribution is -2.05. The van der Waals surface area contributed by atoms with E-state index in [-0.39, 0.29) is 5.82 Å². The molecule has 0 amide bonds. The van der Waals surface area contributed by atoms with Gasteiger partial charge < -0.3 is 10.5 Å². The van der Waals surface area contributed by atoms with Gasteiger partial charge in [0.05, 0.1) is 6.61 Å². The minimum Gasteiger partial charge on any atom is -0.462 e. The van der Waals surface area contributed by atoms with Crippen LogP contribution in [0.5, 0.6) is 0 Å². The fourth-order valence-electron chi connectivity index (χ4n) is 1.29. The molecule has 2 N–H and O–H groups in total. The monoisotopic (exact) mass is 249 g/mol. The van der Waals surface area contributed by atoms with Crippen molar-refractivity contribution >= 4 is 23.1 Å². The first-order valence-corrected chi connectivity index (χ1v) is 5.88. The lowest BCUT2D eigenvalue weighted by molar-refractivity contribution is 0.0533. The summed E-state index contributed by atoms with van der Waals surface area (Å²) in [6.45, 7) is 2.07. The first-order chi connectivity index (χ1) is 8.22. The number of thiazole rings is 1. The summed E-state index contributed by atoms with van der Waals surface area (Å²) in [5.41, 5.74) is 6.52. The Morgan fingerprint density at radius 2 is 2.41 bits per heavy atom. The summed E-state index contributed by atoms with van der Waals surface area (Å²) in [4.78, 5) is 20.0. The molecule has 0 saturated carbocycles. The molecule has 0 spiro atoms. The third-order valence-corrected chi connectivity index (χ3v) is 3.12. The van der Waals surface area contributed by atoms with E-state index in [0.29, 0.717) is 16.5 Å². The molecule has 0 bridgehead atoms. The lowest BCUT2D eigenvalue weighted by atomic mass is 10.3. The van der Waals surface area contributed by atoms with Crippen LogP contribution in [0.15, 0.2) is 24.5 Å². The number of anilines is 1. The standard InChI is InChI=1S/C11H11N3O2S/c1-2-16-11(15)8-9(12)14-10(17-8)7-4-3-5-13-6-7/h3-6H,2,12H2,1H3. The van der Waals surface area contributed by atoms with Gasteiger partial charge in [0.1, 0.15) is 10.8 Å². The maximum Gasteiger partial charge on any atom is 0.352 e. The topological polar surface area (TPSA) is 78.1 Å². The molecule has 88 valence electrons. The van der Waals surface area contributed by atoms with Gasteiger partial charge in [-0.15, -0.1) is 11.3 Å². The minimum absolute atomic E-state index is 0.201. The molecule has 2 aromatic rings. The van der Waals surface area contributed by atoms with Crippen molar-refractivity contribution in [1.82, 2.24) is 9.97 Å². The number of nitrogen functional groups attached to an aromatic ring is 1. The highest BCUT2D eigenvalue weighted by Gasteiger charge is 2.17. The van der Waals surface area contributed by atoms with Gasteiger partial charge in [0.15, 0.2) is 4.88 Å². The van der Waals surface area contributed by atoms with Crippen LogP contribution in [-0.2, 0) is 4.74 Å². The molecular formula is C11H11N3O2S. The van der Waals surface area contributed by atoms with E-state index in [1.165, 1.54) is 11.3 Å². The van der Waals surface area contributed by atoms with Crippen LogP contribution < -0.4 is 5.73 Å². The Morgan fingerprint density at radius 1 is 1.59 bits per heavy atom. The molecule has 0 aliphatic rings. The molecule has 0 aliphatic heterocycles. The predicted octanol–water partition coefficient (Wildman–Crippen LogP) is 1.96. The quantitative estimate of drug-likeness (QED) is 0.841. The van der Waals surface area contributed by atoms with Gasteiger partial charge >= 0.3 is 5.97 Å². The van der Waals surface area contributed by atoms with Crippen molar-refractivity contribution in [2.45, 2.75) is 6.92 Å². The van der Waals surface area contributed by atoms with Crippen molar-refractivity contribution in [2.75, 3.05) is 12.3 Å². The number of nitrogens with zero attached hydrogens (tertiary/aromatic N) is 2. The Labute approximate surface area is 102 Å². The number of hydrogen-bond acceptors (Lipinski definition) is 6. The highest BCUT2D eigenvalue weighted by atomic mass is 32.1. The van der Waals surface area contributed by atoms with Gasteiger partial charge in [-0.3, -0.25) is 4.98 Å². The minimum atomic E-state index is -0.433. The number of nitrogens with two attached hydrogens (primary N) is 1. The van der Waals surface area contributed by atoms with E-state index in [4.69, 9.17) is 10.5 Å². The number of hydrogen-bond donors (Lipinski definition) is 1. The van der Waals surface area contributed by atoms with Gasteiger partial charge in [-0.1, -0.05) is 0 Å². The highest BCUT2D eigenvalue weighted by Crippen LogP contribution is 2.29. The van der Waals surface area contributed by atoms with Gasteiger partial charge in [0, 0.05) is 18.0 Å². The van der Waals surface area contributed by atoms with Gasteiger partial charge in [0.2, 0.25) is 0 Å². The molecule has 6 heteroatoms. The van der Waals surface area contributed by atoms with Crippen LogP contribution in [-0.4, -0.2) is 22.5 Å². The Bertz CT molecular complexity index is 525. The fraction of sp³-hybridized carbons (Fsp3) is 0.182.